The highest BCUT2D eigenvalue weighted by molar-refractivity contribution is 6.30. The molecule has 0 saturated heterocycles. The summed E-state index contributed by atoms with van der Waals surface area (Å²) in [6, 6.07) is 30.7. The summed E-state index contributed by atoms with van der Waals surface area (Å²) in [4.78, 5) is 54.8. The topological polar surface area (TPSA) is 94.9 Å². The molecule has 3 aliphatic heterocycles. The molecule has 0 fully saturated rings. The van der Waals surface area contributed by atoms with Gasteiger partial charge in [-0.25, -0.2) is 10.0 Å². The zero-order valence-electron chi connectivity index (χ0n) is 22.6. The minimum Gasteiger partial charge on any atom is -0.270 e. The highest BCUT2D eigenvalue weighted by Crippen LogP contribution is 2.34. The maximum atomic E-state index is 13.7. The van der Waals surface area contributed by atoms with Gasteiger partial charge in [-0.05, 0) is 48.0 Å². The largest absolute Gasteiger partial charge is 0.297 e. The van der Waals surface area contributed by atoms with Crippen LogP contribution in [-0.4, -0.2) is 57.6 Å². The second-order valence-corrected chi connectivity index (χ2v) is 10.3. The molecule has 3 aliphatic rings. The lowest BCUT2D eigenvalue weighted by Crippen LogP contribution is -2.56. The summed E-state index contributed by atoms with van der Waals surface area (Å²) in [5, 5.41) is 4.84. The predicted molar refractivity (Wildman–Crippen MR) is 161 cm³/mol. The third kappa shape index (κ3) is 4.70. The Morgan fingerprint density at radius 2 is 1.33 bits per heavy atom. The quantitative estimate of drug-likeness (QED) is 0.218. The number of rotatable bonds is 6. The van der Waals surface area contributed by atoms with E-state index in [1.54, 1.807) is 64.6 Å². The molecule has 9 nitrogen and oxygen atoms in total. The number of hydrazine groups is 1. The van der Waals surface area contributed by atoms with E-state index >= 15 is 0 Å². The molecule has 0 radical (unpaired) electrons. The van der Waals surface area contributed by atoms with Crippen molar-refractivity contribution in [3.63, 3.8) is 0 Å². The number of aliphatic imine (C=N–C) groups is 2. The van der Waals surface area contributed by atoms with Crippen molar-refractivity contribution in [2.75, 3.05) is 13.2 Å². The average molecular weight is 588 g/mol. The SMILES string of the molecule is O=C1N=C2c3ccccc3N=C(c3ccccc3)N2N(CCON2C(=O)c3ccccc3C2=O)/C1=C/c1ccc(Cl)cc1. The summed E-state index contributed by atoms with van der Waals surface area (Å²) in [6.45, 7) is -0.0319. The molecule has 3 amide bonds. The van der Waals surface area contributed by atoms with Gasteiger partial charge in [-0.15, -0.1) is 5.06 Å². The number of amidine groups is 2. The second-order valence-electron chi connectivity index (χ2n) is 9.86. The zero-order valence-corrected chi connectivity index (χ0v) is 23.3. The highest BCUT2D eigenvalue weighted by atomic mass is 35.5. The van der Waals surface area contributed by atoms with Gasteiger partial charge in [-0.3, -0.25) is 24.2 Å². The number of fused-ring (bicyclic) bond motifs is 4. The van der Waals surface area contributed by atoms with Crippen molar-refractivity contribution in [1.29, 1.82) is 0 Å². The summed E-state index contributed by atoms with van der Waals surface area (Å²) >= 11 is 6.11. The van der Waals surface area contributed by atoms with Gasteiger partial charge in [0.1, 0.15) is 5.70 Å². The zero-order chi connectivity index (χ0) is 29.5. The Labute approximate surface area is 251 Å². The molecule has 0 spiro atoms. The van der Waals surface area contributed by atoms with Crippen molar-refractivity contribution in [3.8, 4) is 0 Å². The van der Waals surface area contributed by atoms with Crippen molar-refractivity contribution in [1.82, 2.24) is 15.1 Å². The standard InChI is InChI=1S/C33H22ClN5O4/c34-23-16-14-21(15-17-23)20-28-31(40)36-30-26-12-6-7-13-27(26)35-29(22-8-2-1-3-9-22)38(30)37(28)18-19-43-39-32(41)24-10-4-5-11-25(24)33(39)42/h1-17,20H,18-19H2/b28-20+. The van der Waals surface area contributed by atoms with E-state index in [1.165, 1.54) is 0 Å². The lowest BCUT2D eigenvalue weighted by molar-refractivity contribution is -0.120. The van der Waals surface area contributed by atoms with Gasteiger partial charge in [0.2, 0.25) is 0 Å². The van der Waals surface area contributed by atoms with E-state index in [-0.39, 0.29) is 30.0 Å². The monoisotopic (exact) mass is 587 g/mol. The number of halogens is 1. The van der Waals surface area contributed by atoms with Crippen LogP contribution in [0.3, 0.4) is 0 Å². The summed E-state index contributed by atoms with van der Waals surface area (Å²) in [5.74, 6) is -0.580. The Morgan fingerprint density at radius 3 is 2.02 bits per heavy atom. The molecule has 0 saturated carbocycles. The fourth-order valence-electron chi connectivity index (χ4n) is 5.19. The first-order valence-electron chi connectivity index (χ1n) is 13.5. The molecule has 3 heterocycles. The molecule has 4 aromatic carbocycles. The first-order valence-corrected chi connectivity index (χ1v) is 13.9. The van der Waals surface area contributed by atoms with Gasteiger partial charge < -0.3 is 0 Å². The van der Waals surface area contributed by atoms with Crippen molar-refractivity contribution in [3.05, 3.63) is 142 Å². The molecular formula is C33H22ClN5O4. The van der Waals surface area contributed by atoms with Crippen molar-refractivity contribution in [2.45, 2.75) is 0 Å². The smallest absolute Gasteiger partial charge is 0.270 e. The first-order chi connectivity index (χ1) is 21.0. The average Bonchev–Trinajstić information content (AvgIpc) is 3.28. The van der Waals surface area contributed by atoms with Crippen LogP contribution in [0.4, 0.5) is 5.69 Å². The van der Waals surface area contributed by atoms with E-state index < -0.39 is 17.7 Å². The van der Waals surface area contributed by atoms with Crippen LogP contribution in [0.5, 0.6) is 0 Å². The van der Waals surface area contributed by atoms with E-state index in [4.69, 9.17) is 21.4 Å². The number of carbonyl (C=O) groups is 3. The number of imide groups is 1. The molecule has 10 heteroatoms. The van der Waals surface area contributed by atoms with Crippen LogP contribution >= 0.6 is 11.6 Å². The summed E-state index contributed by atoms with van der Waals surface area (Å²) in [6.07, 6.45) is 1.71. The van der Waals surface area contributed by atoms with Gasteiger partial charge in [0, 0.05) is 16.1 Å². The normalized spacial score (nSPS) is 16.6. The predicted octanol–water partition coefficient (Wildman–Crippen LogP) is 5.51. The fraction of sp³-hybridized carbons (Fsp3) is 0.0606. The van der Waals surface area contributed by atoms with E-state index in [1.807, 2.05) is 54.6 Å². The number of hydroxylamine groups is 2. The molecular weight excluding hydrogens is 566 g/mol. The minimum atomic E-state index is -0.534. The number of hydrogen-bond acceptors (Lipinski definition) is 7. The van der Waals surface area contributed by atoms with Gasteiger partial charge in [0.15, 0.2) is 11.7 Å². The van der Waals surface area contributed by atoms with Crippen LogP contribution in [0.15, 0.2) is 119 Å². The number of carbonyl (C=O) groups excluding carboxylic acids is 3. The van der Waals surface area contributed by atoms with Crippen LogP contribution < -0.4 is 0 Å². The maximum Gasteiger partial charge on any atom is 0.297 e. The molecule has 0 unspecified atom stereocenters. The molecule has 0 N–H and O–H groups in total. The lowest BCUT2D eigenvalue weighted by atomic mass is 10.1. The number of amides is 3. The van der Waals surface area contributed by atoms with Crippen LogP contribution in [-0.2, 0) is 9.63 Å². The van der Waals surface area contributed by atoms with Gasteiger partial charge in [-0.2, -0.15) is 4.99 Å². The van der Waals surface area contributed by atoms with E-state index in [2.05, 4.69) is 4.99 Å². The van der Waals surface area contributed by atoms with Gasteiger partial charge in [0.25, 0.3) is 17.7 Å². The van der Waals surface area contributed by atoms with Gasteiger partial charge in [-0.1, -0.05) is 78.3 Å². The Hall–Kier alpha value is -5.38. The fourth-order valence-corrected chi connectivity index (χ4v) is 5.32. The molecule has 0 atom stereocenters. The highest BCUT2D eigenvalue weighted by Gasteiger charge is 2.40. The van der Waals surface area contributed by atoms with Crippen LogP contribution in [0.1, 0.15) is 37.4 Å². The Morgan fingerprint density at radius 1 is 0.698 bits per heavy atom. The first kappa shape index (κ1) is 26.5. The van der Waals surface area contributed by atoms with Crippen molar-refractivity contribution < 1.29 is 19.2 Å². The molecule has 7 rings (SSSR count). The molecule has 0 aromatic heterocycles. The number of nitrogens with zero attached hydrogens (tertiary/aromatic N) is 5. The maximum absolute atomic E-state index is 13.7. The van der Waals surface area contributed by atoms with Crippen LogP contribution in [0, 0.1) is 0 Å². The molecule has 43 heavy (non-hydrogen) atoms. The lowest BCUT2D eigenvalue weighted by Gasteiger charge is -2.43. The number of hydrogen-bond donors (Lipinski definition) is 0. The summed E-state index contributed by atoms with van der Waals surface area (Å²) in [5.41, 5.74) is 3.71. The summed E-state index contributed by atoms with van der Waals surface area (Å²) < 4.78 is 0. The van der Waals surface area contributed by atoms with Gasteiger partial charge in [0.05, 0.1) is 30.0 Å². The van der Waals surface area contributed by atoms with E-state index in [0.29, 0.717) is 27.9 Å². The third-order valence-electron chi connectivity index (χ3n) is 7.20. The van der Waals surface area contributed by atoms with E-state index in [0.717, 1.165) is 16.2 Å². The number of para-hydroxylation sites is 1. The molecule has 210 valence electrons. The Balaban J connectivity index is 1.29. The Kier molecular flexibility index (Phi) is 6.65. The minimum absolute atomic E-state index is 0.0750. The summed E-state index contributed by atoms with van der Waals surface area (Å²) in [7, 11) is 0. The molecule has 0 bridgehead atoms. The van der Waals surface area contributed by atoms with Gasteiger partial charge >= 0.3 is 0 Å². The number of benzene rings is 4. The second kappa shape index (κ2) is 10.8. The van der Waals surface area contributed by atoms with Crippen LogP contribution in [0.2, 0.25) is 5.02 Å². The third-order valence-corrected chi connectivity index (χ3v) is 7.46. The van der Waals surface area contributed by atoms with E-state index in [9.17, 15) is 14.4 Å². The molecule has 0 aliphatic carbocycles. The molecule has 4 aromatic rings. The van der Waals surface area contributed by atoms with Crippen molar-refractivity contribution >= 4 is 52.8 Å². The Bertz CT molecular complexity index is 1850. The van der Waals surface area contributed by atoms with Crippen molar-refractivity contribution in [2.24, 2.45) is 9.98 Å². The van der Waals surface area contributed by atoms with Crippen LogP contribution in [0.25, 0.3) is 6.08 Å².